The summed E-state index contributed by atoms with van der Waals surface area (Å²) in [5.41, 5.74) is -0.0252. The summed E-state index contributed by atoms with van der Waals surface area (Å²) in [7, 11) is 3.14. The first-order valence-corrected chi connectivity index (χ1v) is 7.06. The van der Waals surface area contributed by atoms with Gasteiger partial charge >= 0.3 is 0 Å². The first-order chi connectivity index (χ1) is 10.2. The van der Waals surface area contributed by atoms with E-state index >= 15 is 0 Å². The second-order valence-electron chi connectivity index (χ2n) is 5.24. The number of rotatable bonds is 5. The van der Waals surface area contributed by atoms with Crippen LogP contribution in [-0.4, -0.2) is 20.1 Å². The molecule has 1 aromatic carbocycles. The average molecular weight is 288 g/mol. The van der Waals surface area contributed by atoms with Crippen molar-refractivity contribution < 1.29 is 14.3 Å². The van der Waals surface area contributed by atoms with Crippen molar-refractivity contribution in [1.29, 1.82) is 5.26 Å². The number of methoxy groups -OCH3 is 2. The molecule has 1 aliphatic carbocycles. The van der Waals surface area contributed by atoms with E-state index in [2.05, 4.69) is 11.4 Å². The SMILES string of the molecule is COc1cccc(CNC(=O)C2(C#N)CCCC2)c1OC. The molecular weight excluding hydrogens is 268 g/mol. The fraction of sp³-hybridized carbons (Fsp3) is 0.500. The summed E-state index contributed by atoms with van der Waals surface area (Å²) >= 11 is 0. The Morgan fingerprint density at radius 1 is 1.33 bits per heavy atom. The highest BCUT2D eigenvalue weighted by molar-refractivity contribution is 5.85. The fourth-order valence-corrected chi connectivity index (χ4v) is 2.81. The molecule has 112 valence electrons. The maximum absolute atomic E-state index is 12.3. The predicted molar refractivity (Wildman–Crippen MR) is 77.9 cm³/mol. The zero-order chi connectivity index (χ0) is 15.3. The zero-order valence-electron chi connectivity index (χ0n) is 12.4. The summed E-state index contributed by atoms with van der Waals surface area (Å²) in [4.78, 5) is 12.3. The monoisotopic (exact) mass is 288 g/mol. The van der Waals surface area contributed by atoms with E-state index < -0.39 is 5.41 Å². The van der Waals surface area contributed by atoms with Crippen molar-refractivity contribution in [1.82, 2.24) is 5.32 Å². The number of amides is 1. The Morgan fingerprint density at radius 2 is 2.05 bits per heavy atom. The van der Waals surface area contributed by atoms with E-state index in [1.54, 1.807) is 20.3 Å². The standard InChI is InChI=1S/C16H20N2O3/c1-20-13-7-5-6-12(14(13)21-2)10-18-15(19)16(11-17)8-3-4-9-16/h5-7H,3-4,8-10H2,1-2H3,(H,18,19). The van der Waals surface area contributed by atoms with Gasteiger partial charge in [-0.05, 0) is 18.9 Å². The van der Waals surface area contributed by atoms with Gasteiger partial charge < -0.3 is 14.8 Å². The molecule has 1 fully saturated rings. The molecule has 1 saturated carbocycles. The molecule has 1 aliphatic rings. The van der Waals surface area contributed by atoms with Gasteiger partial charge in [0.05, 0.1) is 20.3 Å². The summed E-state index contributed by atoms with van der Waals surface area (Å²) in [5, 5.41) is 12.2. The van der Waals surface area contributed by atoms with E-state index in [-0.39, 0.29) is 5.91 Å². The molecule has 0 unspecified atom stereocenters. The molecule has 0 atom stereocenters. The van der Waals surface area contributed by atoms with Crippen molar-refractivity contribution in [2.24, 2.45) is 5.41 Å². The molecular formula is C16H20N2O3. The van der Waals surface area contributed by atoms with E-state index in [0.29, 0.717) is 30.9 Å². The molecule has 5 heteroatoms. The first kappa shape index (κ1) is 15.2. The van der Waals surface area contributed by atoms with Crippen LogP contribution in [0.25, 0.3) is 0 Å². The molecule has 0 aliphatic heterocycles. The smallest absolute Gasteiger partial charge is 0.240 e. The summed E-state index contributed by atoms with van der Waals surface area (Å²) in [6.45, 7) is 0.322. The number of ether oxygens (including phenoxy) is 2. The van der Waals surface area contributed by atoms with Crippen LogP contribution in [-0.2, 0) is 11.3 Å². The molecule has 0 heterocycles. The largest absolute Gasteiger partial charge is 0.493 e. The van der Waals surface area contributed by atoms with Gasteiger partial charge in [-0.2, -0.15) is 5.26 Å². The Morgan fingerprint density at radius 3 is 2.62 bits per heavy atom. The van der Waals surface area contributed by atoms with Crippen molar-refractivity contribution in [3.8, 4) is 17.6 Å². The van der Waals surface area contributed by atoms with E-state index in [9.17, 15) is 10.1 Å². The second-order valence-corrected chi connectivity index (χ2v) is 5.24. The molecule has 0 bridgehead atoms. The minimum atomic E-state index is -0.855. The molecule has 0 spiro atoms. The molecule has 1 aromatic rings. The van der Waals surface area contributed by atoms with Crippen LogP contribution in [0, 0.1) is 16.7 Å². The molecule has 1 amide bonds. The number of para-hydroxylation sites is 1. The van der Waals surface area contributed by atoms with Gasteiger partial charge in [0, 0.05) is 12.1 Å². The van der Waals surface area contributed by atoms with Gasteiger partial charge in [-0.3, -0.25) is 4.79 Å². The Hall–Kier alpha value is -2.22. The van der Waals surface area contributed by atoms with Gasteiger partial charge in [0.15, 0.2) is 11.5 Å². The van der Waals surface area contributed by atoms with E-state index in [4.69, 9.17) is 9.47 Å². The van der Waals surface area contributed by atoms with Crippen LogP contribution in [0.4, 0.5) is 0 Å². The predicted octanol–water partition coefficient (Wildman–Crippen LogP) is 2.40. The quantitative estimate of drug-likeness (QED) is 0.903. The molecule has 0 saturated heterocycles. The maximum atomic E-state index is 12.3. The lowest BCUT2D eigenvalue weighted by Crippen LogP contribution is -2.37. The highest BCUT2D eigenvalue weighted by atomic mass is 16.5. The van der Waals surface area contributed by atoms with Crippen molar-refractivity contribution in [2.45, 2.75) is 32.2 Å². The lowest BCUT2D eigenvalue weighted by atomic mass is 9.87. The number of hydrogen-bond donors (Lipinski definition) is 1. The van der Waals surface area contributed by atoms with Gasteiger partial charge in [0.2, 0.25) is 5.91 Å². The molecule has 21 heavy (non-hydrogen) atoms. The van der Waals surface area contributed by atoms with Crippen LogP contribution in [0.1, 0.15) is 31.2 Å². The van der Waals surface area contributed by atoms with Crippen LogP contribution >= 0.6 is 0 Å². The summed E-state index contributed by atoms with van der Waals surface area (Å²) in [6.07, 6.45) is 3.15. The number of carbonyl (C=O) groups is 1. The summed E-state index contributed by atoms with van der Waals surface area (Å²) in [5.74, 6) is 1.05. The van der Waals surface area contributed by atoms with Gasteiger partial charge in [0.25, 0.3) is 0 Å². The Labute approximate surface area is 124 Å². The number of benzene rings is 1. The highest BCUT2D eigenvalue weighted by Gasteiger charge is 2.41. The Bertz CT molecular complexity index is 557. The van der Waals surface area contributed by atoms with Crippen LogP contribution in [0.5, 0.6) is 11.5 Å². The van der Waals surface area contributed by atoms with Crippen LogP contribution in [0.2, 0.25) is 0 Å². The van der Waals surface area contributed by atoms with Crippen molar-refractivity contribution in [2.75, 3.05) is 14.2 Å². The van der Waals surface area contributed by atoms with Gasteiger partial charge in [0.1, 0.15) is 5.41 Å². The normalized spacial score (nSPS) is 16.0. The van der Waals surface area contributed by atoms with Crippen molar-refractivity contribution >= 4 is 5.91 Å². The number of carbonyl (C=O) groups excluding carboxylic acids is 1. The molecule has 2 rings (SSSR count). The highest BCUT2D eigenvalue weighted by Crippen LogP contribution is 2.38. The lowest BCUT2D eigenvalue weighted by Gasteiger charge is -2.20. The number of nitriles is 1. The van der Waals surface area contributed by atoms with Gasteiger partial charge in [-0.1, -0.05) is 25.0 Å². The summed E-state index contributed by atoms with van der Waals surface area (Å²) < 4.78 is 10.6. The minimum absolute atomic E-state index is 0.188. The number of nitrogens with one attached hydrogen (secondary N) is 1. The van der Waals surface area contributed by atoms with Crippen LogP contribution in [0.3, 0.4) is 0 Å². The molecule has 0 radical (unpaired) electrons. The summed E-state index contributed by atoms with van der Waals surface area (Å²) in [6, 6.07) is 7.72. The van der Waals surface area contributed by atoms with E-state index in [1.807, 2.05) is 12.1 Å². The van der Waals surface area contributed by atoms with Crippen molar-refractivity contribution in [3.05, 3.63) is 23.8 Å². The average Bonchev–Trinajstić information content (AvgIpc) is 3.02. The number of hydrogen-bond acceptors (Lipinski definition) is 4. The lowest BCUT2D eigenvalue weighted by molar-refractivity contribution is -0.128. The van der Waals surface area contributed by atoms with E-state index in [0.717, 1.165) is 18.4 Å². The van der Waals surface area contributed by atoms with E-state index in [1.165, 1.54) is 0 Å². The fourth-order valence-electron chi connectivity index (χ4n) is 2.81. The third-order valence-corrected chi connectivity index (χ3v) is 4.03. The molecule has 1 N–H and O–H groups in total. The third kappa shape index (κ3) is 2.94. The molecule has 0 aromatic heterocycles. The molecule has 5 nitrogen and oxygen atoms in total. The topological polar surface area (TPSA) is 71.3 Å². The van der Waals surface area contributed by atoms with Crippen LogP contribution in [0.15, 0.2) is 18.2 Å². The van der Waals surface area contributed by atoms with Gasteiger partial charge in [-0.25, -0.2) is 0 Å². The Balaban J connectivity index is 2.10. The third-order valence-electron chi connectivity index (χ3n) is 4.03. The minimum Gasteiger partial charge on any atom is -0.493 e. The second kappa shape index (κ2) is 6.49. The van der Waals surface area contributed by atoms with Crippen molar-refractivity contribution in [3.63, 3.8) is 0 Å². The number of nitrogens with zero attached hydrogens (tertiary/aromatic N) is 1. The first-order valence-electron chi connectivity index (χ1n) is 7.06. The maximum Gasteiger partial charge on any atom is 0.240 e. The zero-order valence-corrected chi connectivity index (χ0v) is 12.4. The van der Waals surface area contributed by atoms with Gasteiger partial charge in [-0.15, -0.1) is 0 Å². The van der Waals surface area contributed by atoms with Crippen LogP contribution < -0.4 is 14.8 Å². The Kier molecular flexibility index (Phi) is 4.69.